The number of benzene rings is 1. The van der Waals surface area contributed by atoms with Gasteiger partial charge in [-0.05, 0) is 29.7 Å². The summed E-state index contributed by atoms with van der Waals surface area (Å²) in [6, 6.07) is 13.7. The third-order valence-corrected chi connectivity index (χ3v) is 4.99. The van der Waals surface area contributed by atoms with E-state index in [9.17, 15) is 9.59 Å². The van der Waals surface area contributed by atoms with Crippen molar-refractivity contribution >= 4 is 23.3 Å². The minimum Gasteiger partial charge on any atom is -0.362 e. The van der Waals surface area contributed by atoms with Crippen LogP contribution in [-0.4, -0.2) is 56.1 Å². The molecule has 0 aliphatic carbocycles. The van der Waals surface area contributed by atoms with Crippen LogP contribution >= 0.6 is 0 Å². The molecular formula is C22H29N4O3+. The fourth-order valence-electron chi connectivity index (χ4n) is 3.25. The highest BCUT2D eigenvalue weighted by atomic mass is 16.5. The number of anilines is 2. The zero-order chi connectivity index (χ0) is 20.6. The predicted molar refractivity (Wildman–Crippen MR) is 112 cm³/mol. The Labute approximate surface area is 171 Å². The lowest BCUT2D eigenvalue weighted by atomic mass is 10.0. The Morgan fingerprint density at radius 1 is 1.03 bits per heavy atom. The Morgan fingerprint density at radius 2 is 1.76 bits per heavy atom. The summed E-state index contributed by atoms with van der Waals surface area (Å²) < 4.78 is 5.33. The van der Waals surface area contributed by atoms with Gasteiger partial charge in [0.2, 0.25) is 11.8 Å². The molecule has 3 rings (SSSR count). The second-order valence-corrected chi connectivity index (χ2v) is 7.43. The van der Waals surface area contributed by atoms with E-state index in [0.29, 0.717) is 19.0 Å². The van der Waals surface area contributed by atoms with Crippen molar-refractivity contribution < 1.29 is 19.3 Å². The van der Waals surface area contributed by atoms with E-state index < -0.39 is 0 Å². The van der Waals surface area contributed by atoms with Gasteiger partial charge in [-0.2, -0.15) is 0 Å². The highest BCUT2D eigenvalue weighted by Crippen LogP contribution is 2.17. The molecule has 154 valence electrons. The van der Waals surface area contributed by atoms with Crippen LogP contribution < -0.4 is 15.2 Å². The molecule has 0 saturated carbocycles. The van der Waals surface area contributed by atoms with Crippen LogP contribution in [0.1, 0.15) is 25.3 Å². The van der Waals surface area contributed by atoms with Gasteiger partial charge in [0, 0.05) is 11.8 Å². The number of H-pyrrole nitrogens is 1. The number of piperazine rings is 1. The van der Waals surface area contributed by atoms with Crippen LogP contribution in [0.5, 0.6) is 0 Å². The molecule has 2 heterocycles. The molecule has 1 aromatic heterocycles. The normalized spacial score (nSPS) is 14.2. The van der Waals surface area contributed by atoms with E-state index in [1.807, 2.05) is 48.7 Å². The zero-order valence-corrected chi connectivity index (χ0v) is 17.1. The first-order valence-corrected chi connectivity index (χ1v) is 10.00. The monoisotopic (exact) mass is 397 g/mol. The summed E-state index contributed by atoms with van der Waals surface area (Å²) in [5.41, 5.74) is 1.94. The summed E-state index contributed by atoms with van der Waals surface area (Å²) in [6.45, 7) is 6.82. The van der Waals surface area contributed by atoms with Crippen molar-refractivity contribution in [2.24, 2.45) is 0 Å². The van der Waals surface area contributed by atoms with E-state index in [4.69, 9.17) is 4.74 Å². The van der Waals surface area contributed by atoms with Crippen molar-refractivity contribution in [1.82, 2.24) is 4.90 Å². The molecule has 1 aromatic carbocycles. The number of ether oxygens (including phenoxy) is 1. The smallest absolute Gasteiger partial charge is 0.274 e. The van der Waals surface area contributed by atoms with E-state index in [1.54, 1.807) is 4.90 Å². The summed E-state index contributed by atoms with van der Waals surface area (Å²) in [4.78, 5) is 31.5. The summed E-state index contributed by atoms with van der Waals surface area (Å²) in [7, 11) is 0. The SMILES string of the molecule is CC(C)c1ccc(NC(=O)COCC(=O)N2CCN(c3cccc[nH+]3)CC2)cc1. The van der Waals surface area contributed by atoms with Gasteiger partial charge in [0.25, 0.3) is 5.82 Å². The van der Waals surface area contributed by atoms with Crippen LogP contribution in [0, 0.1) is 0 Å². The molecule has 7 heteroatoms. The number of carbonyl (C=O) groups is 2. The van der Waals surface area contributed by atoms with Crippen molar-refractivity contribution in [2.45, 2.75) is 19.8 Å². The van der Waals surface area contributed by atoms with E-state index in [0.717, 1.165) is 24.6 Å². The first kappa shape index (κ1) is 20.8. The second kappa shape index (κ2) is 10.0. The van der Waals surface area contributed by atoms with Gasteiger partial charge < -0.3 is 15.0 Å². The molecule has 0 atom stereocenters. The first-order chi connectivity index (χ1) is 14.0. The Kier molecular flexibility index (Phi) is 7.19. The average Bonchev–Trinajstić information content (AvgIpc) is 2.75. The summed E-state index contributed by atoms with van der Waals surface area (Å²) in [5, 5.41) is 2.79. The van der Waals surface area contributed by atoms with Gasteiger partial charge in [0.1, 0.15) is 26.3 Å². The highest BCUT2D eigenvalue weighted by molar-refractivity contribution is 5.91. The number of pyridine rings is 1. The third kappa shape index (κ3) is 6.02. The Morgan fingerprint density at radius 3 is 2.38 bits per heavy atom. The minimum atomic E-state index is -0.264. The molecule has 1 fully saturated rings. The molecule has 2 N–H and O–H groups in total. The molecule has 0 unspecified atom stereocenters. The van der Waals surface area contributed by atoms with Crippen molar-refractivity contribution in [2.75, 3.05) is 49.6 Å². The average molecular weight is 397 g/mol. The van der Waals surface area contributed by atoms with Crippen LogP contribution in [0.2, 0.25) is 0 Å². The lowest BCUT2D eigenvalue weighted by Crippen LogP contribution is -2.51. The Hall–Kier alpha value is -2.93. The third-order valence-electron chi connectivity index (χ3n) is 4.99. The molecule has 1 aliphatic rings. The Bertz CT molecular complexity index is 801. The maximum Gasteiger partial charge on any atom is 0.274 e. The number of amides is 2. The fourth-order valence-corrected chi connectivity index (χ4v) is 3.25. The van der Waals surface area contributed by atoms with Gasteiger partial charge >= 0.3 is 0 Å². The Balaban J connectivity index is 1.36. The highest BCUT2D eigenvalue weighted by Gasteiger charge is 2.26. The molecule has 2 aromatic rings. The van der Waals surface area contributed by atoms with Crippen LogP contribution in [0.15, 0.2) is 48.7 Å². The molecular weight excluding hydrogens is 368 g/mol. The maximum absolute atomic E-state index is 12.3. The lowest BCUT2D eigenvalue weighted by molar-refractivity contribution is -0.364. The molecule has 7 nitrogen and oxygen atoms in total. The topological polar surface area (TPSA) is 76.0 Å². The van der Waals surface area contributed by atoms with Crippen molar-refractivity contribution in [3.63, 3.8) is 0 Å². The second-order valence-electron chi connectivity index (χ2n) is 7.43. The van der Waals surface area contributed by atoms with Gasteiger partial charge in [0.15, 0.2) is 0 Å². The quantitative estimate of drug-likeness (QED) is 0.775. The minimum absolute atomic E-state index is 0.0861. The van der Waals surface area contributed by atoms with Crippen LogP contribution in [0.25, 0.3) is 0 Å². The molecule has 29 heavy (non-hydrogen) atoms. The maximum atomic E-state index is 12.3. The first-order valence-electron chi connectivity index (χ1n) is 10.00. The summed E-state index contributed by atoms with van der Waals surface area (Å²) in [6.07, 6.45) is 1.89. The number of rotatable bonds is 7. The van der Waals surface area contributed by atoms with E-state index >= 15 is 0 Å². The van der Waals surface area contributed by atoms with Gasteiger partial charge in [-0.15, -0.1) is 0 Å². The largest absolute Gasteiger partial charge is 0.362 e. The number of nitrogens with one attached hydrogen (secondary N) is 2. The van der Waals surface area contributed by atoms with Crippen molar-refractivity contribution in [3.05, 3.63) is 54.2 Å². The summed E-state index contributed by atoms with van der Waals surface area (Å²) >= 11 is 0. The zero-order valence-electron chi connectivity index (χ0n) is 17.1. The van der Waals surface area contributed by atoms with E-state index in [2.05, 4.69) is 29.0 Å². The number of hydrogen-bond acceptors (Lipinski definition) is 4. The predicted octanol–water partition coefficient (Wildman–Crippen LogP) is 1.93. The van der Waals surface area contributed by atoms with Crippen molar-refractivity contribution in [3.8, 4) is 0 Å². The number of nitrogens with zero attached hydrogens (tertiary/aromatic N) is 2. The molecule has 0 bridgehead atoms. The van der Waals surface area contributed by atoms with Crippen LogP contribution in [-0.2, 0) is 14.3 Å². The van der Waals surface area contributed by atoms with Crippen LogP contribution in [0.3, 0.4) is 0 Å². The molecule has 0 radical (unpaired) electrons. The van der Waals surface area contributed by atoms with Gasteiger partial charge in [-0.3, -0.25) is 14.5 Å². The number of aromatic nitrogens is 1. The standard InChI is InChI=1S/C22H28N4O3/c1-17(2)18-6-8-19(9-7-18)24-21(27)15-29-16-22(28)26-13-11-25(12-14-26)20-5-3-4-10-23-20/h3-10,17H,11-16H2,1-2H3,(H,24,27)/p+1. The molecule has 1 aliphatic heterocycles. The van der Waals surface area contributed by atoms with Crippen LogP contribution in [0.4, 0.5) is 11.5 Å². The van der Waals surface area contributed by atoms with E-state index in [1.165, 1.54) is 5.56 Å². The molecule has 2 amide bonds. The number of hydrogen-bond donors (Lipinski definition) is 1. The van der Waals surface area contributed by atoms with Gasteiger partial charge in [-0.1, -0.05) is 32.0 Å². The molecule has 0 spiro atoms. The number of aromatic amines is 1. The van der Waals surface area contributed by atoms with Gasteiger partial charge in [0.05, 0.1) is 19.3 Å². The summed E-state index contributed by atoms with van der Waals surface area (Å²) in [5.74, 6) is 1.14. The number of carbonyl (C=O) groups excluding carboxylic acids is 2. The van der Waals surface area contributed by atoms with Crippen molar-refractivity contribution in [1.29, 1.82) is 0 Å². The lowest BCUT2D eigenvalue weighted by Gasteiger charge is -2.30. The van der Waals surface area contributed by atoms with E-state index in [-0.39, 0.29) is 25.0 Å². The fraction of sp³-hybridized carbons (Fsp3) is 0.409. The molecule has 1 saturated heterocycles. The van der Waals surface area contributed by atoms with Gasteiger partial charge in [-0.25, -0.2) is 4.98 Å².